The number of hydrogen-bond donors (Lipinski definition) is 0. The van der Waals surface area contributed by atoms with Gasteiger partial charge in [-0.1, -0.05) is 177 Å². The fourth-order valence-electron chi connectivity index (χ4n) is 13.4. The molecular formula is C69H56BN3O. The summed E-state index contributed by atoms with van der Waals surface area (Å²) in [4.78, 5) is 5.02. The van der Waals surface area contributed by atoms with Gasteiger partial charge in [-0.15, -0.1) is 0 Å². The second-order valence-electron chi connectivity index (χ2n) is 23.7. The first-order chi connectivity index (χ1) is 35.7. The van der Waals surface area contributed by atoms with Crippen LogP contribution in [0, 0.1) is 0 Å². The van der Waals surface area contributed by atoms with Crippen molar-refractivity contribution in [2.45, 2.75) is 71.6 Å². The van der Waals surface area contributed by atoms with Crippen LogP contribution in [-0.4, -0.2) is 11.3 Å². The molecule has 0 unspecified atom stereocenters. The van der Waals surface area contributed by atoms with Crippen LogP contribution in [0.5, 0.6) is 0 Å². The zero-order valence-electron chi connectivity index (χ0n) is 43.3. The monoisotopic (exact) mass is 953 g/mol. The van der Waals surface area contributed by atoms with Crippen LogP contribution in [0.4, 0.5) is 34.1 Å². The van der Waals surface area contributed by atoms with E-state index in [0.29, 0.717) is 0 Å². The zero-order chi connectivity index (χ0) is 50.2. The molecule has 0 bridgehead atoms. The van der Waals surface area contributed by atoms with Crippen molar-refractivity contribution in [1.82, 2.24) is 4.48 Å². The molecule has 0 fully saturated rings. The molecule has 3 aliphatic rings. The summed E-state index contributed by atoms with van der Waals surface area (Å²) in [5.41, 5.74) is 23.9. The van der Waals surface area contributed by atoms with Gasteiger partial charge in [0.05, 0.1) is 5.69 Å². The highest BCUT2D eigenvalue weighted by Crippen LogP contribution is 2.57. The van der Waals surface area contributed by atoms with Crippen molar-refractivity contribution < 1.29 is 4.42 Å². The number of rotatable bonds is 4. The summed E-state index contributed by atoms with van der Waals surface area (Å²) in [6.07, 6.45) is 0. The van der Waals surface area contributed by atoms with Crippen molar-refractivity contribution in [3.63, 3.8) is 0 Å². The normalized spacial score (nSPS) is 14.3. The molecule has 10 aromatic carbocycles. The van der Waals surface area contributed by atoms with E-state index in [0.717, 1.165) is 50.4 Å². The smallest absolute Gasteiger partial charge is 0.333 e. The molecular weight excluding hydrogens is 898 g/mol. The molecule has 0 atom stereocenters. The minimum absolute atomic E-state index is 0.0182. The Kier molecular flexibility index (Phi) is 8.73. The van der Waals surface area contributed by atoms with Crippen molar-refractivity contribution >= 4 is 106 Å². The van der Waals surface area contributed by atoms with Crippen LogP contribution >= 0.6 is 0 Å². The fraction of sp³-hybridized carbons (Fsp3) is 0.159. The summed E-state index contributed by atoms with van der Waals surface area (Å²) in [7, 11) is 0. The number of aromatic nitrogens is 1. The summed E-state index contributed by atoms with van der Waals surface area (Å²) >= 11 is 0. The first kappa shape index (κ1) is 43.3. The summed E-state index contributed by atoms with van der Waals surface area (Å²) in [6, 6.07) is 73.5. The number of para-hydroxylation sites is 3. The van der Waals surface area contributed by atoms with E-state index < -0.39 is 0 Å². The van der Waals surface area contributed by atoms with Crippen LogP contribution in [0.2, 0.25) is 0 Å². The molecule has 1 aliphatic carbocycles. The lowest BCUT2D eigenvalue weighted by Crippen LogP contribution is -2.57. The van der Waals surface area contributed by atoms with Gasteiger partial charge in [-0.05, 0) is 144 Å². The Bertz CT molecular complexity index is 4310. The second-order valence-corrected chi connectivity index (χ2v) is 23.7. The maximum Gasteiger partial charge on any atom is 0.333 e. The Hall–Kier alpha value is -8.28. The maximum absolute atomic E-state index is 7.02. The third-order valence-electron chi connectivity index (χ3n) is 17.0. The Morgan fingerprint density at radius 2 is 1.09 bits per heavy atom. The number of furan rings is 1. The van der Waals surface area contributed by atoms with E-state index >= 15 is 0 Å². The van der Waals surface area contributed by atoms with Gasteiger partial charge in [0.2, 0.25) is 0 Å². The summed E-state index contributed by atoms with van der Waals surface area (Å²) in [6.45, 7) is 18.5. The van der Waals surface area contributed by atoms with Gasteiger partial charge in [0.15, 0.2) is 5.58 Å². The number of hydrogen-bond acceptors (Lipinski definition) is 3. The molecule has 5 heteroatoms. The SMILES string of the molecule is CC(C)(C)c1ccc(N(c2ccc(C(C)(C)C)cc2)c2ccc3c(c2)B2c4c(cc5c(c4-c4cccc6c7cc8ccccc8cc7n2c46)C(C)(C)c2ccccc2-5)N3c2cccc3c2oc2ccccc23)cc1. The van der Waals surface area contributed by atoms with E-state index in [9.17, 15) is 0 Å². The highest BCUT2D eigenvalue weighted by atomic mass is 16.3. The topological polar surface area (TPSA) is 24.6 Å². The van der Waals surface area contributed by atoms with Crippen molar-refractivity contribution in [3.05, 3.63) is 216 Å². The van der Waals surface area contributed by atoms with Crippen LogP contribution in [0.25, 0.3) is 76.8 Å². The Morgan fingerprint density at radius 1 is 0.486 bits per heavy atom. The molecule has 74 heavy (non-hydrogen) atoms. The Morgan fingerprint density at radius 3 is 1.82 bits per heavy atom. The van der Waals surface area contributed by atoms with Gasteiger partial charge in [-0.25, -0.2) is 0 Å². The predicted octanol–water partition coefficient (Wildman–Crippen LogP) is 17.6. The molecule has 0 saturated carbocycles. The zero-order valence-corrected chi connectivity index (χ0v) is 43.3. The van der Waals surface area contributed by atoms with Crippen molar-refractivity contribution in [2.24, 2.45) is 0 Å². The van der Waals surface area contributed by atoms with Crippen LogP contribution in [0.3, 0.4) is 0 Å². The predicted molar refractivity (Wildman–Crippen MR) is 314 cm³/mol. The average molecular weight is 954 g/mol. The molecule has 15 rings (SSSR count). The lowest BCUT2D eigenvalue weighted by Gasteiger charge is -2.42. The quantitative estimate of drug-likeness (QED) is 0.164. The van der Waals surface area contributed by atoms with Gasteiger partial charge in [-0.2, -0.15) is 0 Å². The van der Waals surface area contributed by atoms with E-state index in [1.54, 1.807) is 0 Å². The largest absolute Gasteiger partial charge is 0.454 e. The highest BCUT2D eigenvalue weighted by molar-refractivity contribution is 6.90. The van der Waals surface area contributed by atoms with Crippen molar-refractivity contribution in [1.29, 1.82) is 0 Å². The van der Waals surface area contributed by atoms with E-state index in [2.05, 4.69) is 264 Å². The van der Waals surface area contributed by atoms with Gasteiger partial charge >= 0.3 is 6.85 Å². The standard InChI is InChI=1S/C69H56BN3O/c1-67(2,3)43-27-31-45(32-28-43)71(46-33-29-44(30-34-46)68(4,5)6)47-35-36-57-56(39-47)70-64-60(72(57)58-25-16-22-51-49-20-12-14-26-61(49)74-66(51)58)40-54-48-19-11-13-24-55(48)69(7,8)63(54)62(64)52-23-15-21-50-53-37-41-17-9-10-18-42(41)38-59(53)73(70)65(50)52/h9-40H,1-8H3. The van der Waals surface area contributed by atoms with E-state index in [1.807, 2.05) is 0 Å². The van der Waals surface area contributed by atoms with Crippen LogP contribution in [-0.2, 0) is 16.2 Å². The third kappa shape index (κ3) is 5.92. The molecule has 0 saturated heterocycles. The van der Waals surface area contributed by atoms with Crippen LogP contribution in [0.15, 0.2) is 199 Å². The van der Waals surface area contributed by atoms with Crippen molar-refractivity contribution in [3.8, 4) is 22.3 Å². The highest BCUT2D eigenvalue weighted by Gasteiger charge is 2.49. The lowest BCUT2D eigenvalue weighted by molar-refractivity contribution is 0.590. The van der Waals surface area contributed by atoms with Gasteiger partial charge in [0.25, 0.3) is 0 Å². The molecule has 4 heterocycles. The molecule has 2 aliphatic heterocycles. The molecule has 0 N–H and O–H groups in total. The first-order valence-electron chi connectivity index (χ1n) is 26.4. The van der Waals surface area contributed by atoms with E-state index in [4.69, 9.17) is 4.42 Å². The van der Waals surface area contributed by atoms with Gasteiger partial charge in [0, 0.05) is 72.0 Å². The molecule has 12 aromatic rings. The number of fused-ring (bicyclic) bond motifs is 15. The Labute approximate surface area is 433 Å². The summed E-state index contributed by atoms with van der Waals surface area (Å²) < 4.78 is 9.75. The van der Waals surface area contributed by atoms with Crippen molar-refractivity contribution in [2.75, 3.05) is 9.80 Å². The molecule has 2 aromatic heterocycles. The molecule has 4 nitrogen and oxygen atoms in total. The van der Waals surface area contributed by atoms with Crippen LogP contribution < -0.4 is 20.7 Å². The Balaban J connectivity index is 1.09. The average Bonchev–Trinajstić information content (AvgIpc) is 4.14. The fourth-order valence-corrected chi connectivity index (χ4v) is 13.4. The lowest BCUT2D eigenvalue weighted by atomic mass is 9.44. The van der Waals surface area contributed by atoms with E-state index in [-0.39, 0.29) is 23.1 Å². The van der Waals surface area contributed by atoms with E-state index in [1.165, 1.54) is 93.7 Å². The molecule has 0 radical (unpaired) electrons. The molecule has 356 valence electrons. The van der Waals surface area contributed by atoms with Gasteiger partial charge in [-0.3, -0.25) is 0 Å². The molecule has 0 spiro atoms. The summed E-state index contributed by atoms with van der Waals surface area (Å²) in [5.74, 6) is 0. The van der Waals surface area contributed by atoms with Crippen LogP contribution in [0.1, 0.15) is 77.6 Å². The number of anilines is 6. The number of nitrogens with zero attached hydrogens (tertiary/aromatic N) is 3. The maximum atomic E-state index is 7.02. The number of benzene rings is 10. The minimum Gasteiger partial charge on any atom is -0.454 e. The second kappa shape index (κ2) is 14.9. The minimum atomic E-state index is -0.271. The van der Waals surface area contributed by atoms with Gasteiger partial charge in [0.1, 0.15) is 5.58 Å². The third-order valence-corrected chi connectivity index (χ3v) is 17.0. The first-order valence-corrected chi connectivity index (χ1v) is 26.4. The molecule has 0 amide bonds. The summed E-state index contributed by atoms with van der Waals surface area (Å²) in [5, 5.41) is 7.28. The van der Waals surface area contributed by atoms with Gasteiger partial charge < -0.3 is 18.7 Å².